The molecule has 1 saturated carbocycles. The van der Waals surface area contributed by atoms with Crippen molar-refractivity contribution in [2.45, 2.75) is 38.0 Å². The molecule has 1 aliphatic rings. The number of sulfonamides is 1. The molecule has 1 aromatic rings. The molecular formula is C16H21N3O3S. The van der Waals surface area contributed by atoms with E-state index in [0.29, 0.717) is 24.7 Å². The van der Waals surface area contributed by atoms with E-state index in [1.807, 2.05) is 13.0 Å². The molecule has 6 nitrogen and oxygen atoms in total. The molecule has 1 heterocycles. The zero-order chi connectivity index (χ0) is 17.2. The molecule has 0 amide bonds. The maximum absolute atomic E-state index is 12.4. The van der Waals surface area contributed by atoms with Crippen LogP contribution in [0.25, 0.3) is 0 Å². The van der Waals surface area contributed by atoms with Crippen LogP contribution in [0.1, 0.15) is 38.8 Å². The number of rotatable bonds is 7. The average Bonchev–Trinajstić information content (AvgIpc) is 3.26. The number of nitrogens with zero attached hydrogens (tertiary/aromatic N) is 3. The van der Waals surface area contributed by atoms with Gasteiger partial charge in [-0.3, -0.25) is 9.78 Å². The largest absolute Gasteiger partial charge is 0.297 e. The molecule has 0 aliphatic heterocycles. The van der Waals surface area contributed by atoms with Gasteiger partial charge in [0.2, 0.25) is 10.0 Å². The number of ketones is 1. The van der Waals surface area contributed by atoms with Gasteiger partial charge in [0.05, 0.1) is 11.8 Å². The summed E-state index contributed by atoms with van der Waals surface area (Å²) in [6.07, 6.45) is 2.04. The van der Waals surface area contributed by atoms with Gasteiger partial charge in [0.25, 0.3) is 0 Å². The van der Waals surface area contributed by atoms with Crippen molar-refractivity contribution in [1.29, 1.82) is 5.26 Å². The lowest BCUT2D eigenvalue weighted by atomic mass is 9.97. The lowest BCUT2D eigenvalue weighted by Crippen LogP contribution is -2.30. The molecular weight excluding hydrogens is 314 g/mol. The lowest BCUT2D eigenvalue weighted by Gasteiger charge is -2.18. The Morgan fingerprint density at radius 1 is 1.43 bits per heavy atom. The Bertz CT molecular complexity index is 718. The van der Waals surface area contributed by atoms with Crippen LogP contribution in [-0.2, 0) is 14.8 Å². The van der Waals surface area contributed by atoms with Gasteiger partial charge in [0.15, 0.2) is 5.78 Å². The third-order valence-electron chi connectivity index (χ3n) is 4.29. The zero-order valence-electron chi connectivity index (χ0n) is 13.6. The fourth-order valence-electron chi connectivity index (χ4n) is 2.64. The van der Waals surface area contributed by atoms with Gasteiger partial charge in [-0.25, -0.2) is 8.42 Å². The van der Waals surface area contributed by atoms with Gasteiger partial charge in [-0.1, -0.05) is 20.8 Å². The van der Waals surface area contributed by atoms with Crippen molar-refractivity contribution in [3.8, 4) is 6.07 Å². The minimum absolute atomic E-state index is 0.0690. The monoisotopic (exact) mass is 335 g/mol. The standard InChI is InChI=1S/C16H21N3O3S/c1-4-19(5-2)23(21,22)12-6-7-15(18-10-12)14(9-17)16(20)13-8-11(13)3/h6-7,10-11,13-14H,4-5,8H2,1-3H3/t11-,13+,14-/m0/s1. The fraction of sp³-hybridized carbons (Fsp3) is 0.562. The summed E-state index contributed by atoms with van der Waals surface area (Å²) in [5.74, 6) is -0.789. The molecule has 7 heteroatoms. The van der Waals surface area contributed by atoms with Crippen LogP contribution in [0.4, 0.5) is 0 Å². The quantitative estimate of drug-likeness (QED) is 0.759. The van der Waals surface area contributed by atoms with E-state index >= 15 is 0 Å². The van der Waals surface area contributed by atoms with E-state index in [-0.39, 0.29) is 16.6 Å². The van der Waals surface area contributed by atoms with E-state index in [9.17, 15) is 18.5 Å². The van der Waals surface area contributed by atoms with Crippen molar-refractivity contribution in [3.05, 3.63) is 24.0 Å². The minimum atomic E-state index is -3.58. The number of aromatic nitrogens is 1. The summed E-state index contributed by atoms with van der Waals surface area (Å²) in [4.78, 5) is 16.4. The predicted molar refractivity (Wildman–Crippen MR) is 85.0 cm³/mol. The van der Waals surface area contributed by atoms with E-state index in [0.717, 1.165) is 6.42 Å². The molecule has 2 rings (SSSR count). The Balaban J connectivity index is 2.25. The van der Waals surface area contributed by atoms with Gasteiger partial charge >= 0.3 is 0 Å². The average molecular weight is 335 g/mol. The normalized spacial score (nSPS) is 21.7. The number of hydrogen-bond acceptors (Lipinski definition) is 5. The zero-order valence-corrected chi connectivity index (χ0v) is 14.4. The van der Waals surface area contributed by atoms with E-state index in [1.165, 1.54) is 22.6 Å². The molecule has 124 valence electrons. The van der Waals surface area contributed by atoms with Crippen molar-refractivity contribution in [3.63, 3.8) is 0 Å². The van der Waals surface area contributed by atoms with Gasteiger partial charge < -0.3 is 0 Å². The Kier molecular flexibility index (Phi) is 5.17. The molecule has 0 bridgehead atoms. The van der Waals surface area contributed by atoms with E-state index < -0.39 is 15.9 Å². The summed E-state index contributed by atoms with van der Waals surface area (Å²) < 4.78 is 26.1. The highest BCUT2D eigenvalue weighted by Gasteiger charge is 2.43. The Morgan fingerprint density at radius 2 is 2.04 bits per heavy atom. The molecule has 0 saturated heterocycles. The molecule has 3 atom stereocenters. The smallest absolute Gasteiger partial charge is 0.244 e. The number of nitriles is 1. The number of carbonyl (C=O) groups is 1. The molecule has 0 unspecified atom stereocenters. The molecule has 0 N–H and O–H groups in total. The molecule has 0 spiro atoms. The first-order valence-corrected chi connectivity index (χ1v) is 9.20. The van der Waals surface area contributed by atoms with Crippen LogP contribution in [0, 0.1) is 23.2 Å². The Labute approximate surface area is 137 Å². The number of carbonyl (C=O) groups excluding carboxylic acids is 1. The second-order valence-corrected chi connectivity index (χ2v) is 7.73. The van der Waals surface area contributed by atoms with Crippen molar-refractivity contribution in [1.82, 2.24) is 9.29 Å². The molecule has 1 fully saturated rings. The van der Waals surface area contributed by atoms with E-state index in [4.69, 9.17) is 0 Å². The van der Waals surface area contributed by atoms with Crippen LogP contribution >= 0.6 is 0 Å². The van der Waals surface area contributed by atoms with Gasteiger partial charge in [-0.15, -0.1) is 0 Å². The third-order valence-corrected chi connectivity index (χ3v) is 6.32. The SMILES string of the molecule is CCN(CC)S(=O)(=O)c1ccc([C@H](C#N)C(=O)[C@@H]2C[C@@H]2C)nc1. The third kappa shape index (κ3) is 3.43. The van der Waals surface area contributed by atoms with Gasteiger partial charge in [-0.2, -0.15) is 9.57 Å². The van der Waals surface area contributed by atoms with E-state index in [1.54, 1.807) is 13.8 Å². The highest BCUT2D eigenvalue weighted by atomic mass is 32.2. The first kappa shape index (κ1) is 17.6. The topological polar surface area (TPSA) is 91.1 Å². The number of pyridine rings is 1. The minimum Gasteiger partial charge on any atom is -0.297 e. The summed E-state index contributed by atoms with van der Waals surface area (Å²) in [6, 6.07) is 4.88. The number of hydrogen-bond donors (Lipinski definition) is 0. The van der Waals surface area contributed by atoms with Crippen LogP contribution in [0.5, 0.6) is 0 Å². The van der Waals surface area contributed by atoms with Crippen LogP contribution in [0.15, 0.2) is 23.2 Å². The summed E-state index contributed by atoms with van der Waals surface area (Å²) >= 11 is 0. The fourth-order valence-corrected chi connectivity index (χ4v) is 4.04. The highest BCUT2D eigenvalue weighted by molar-refractivity contribution is 7.89. The second-order valence-electron chi connectivity index (χ2n) is 5.79. The maximum Gasteiger partial charge on any atom is 0.244 e. The van der Waals surface area contributed by atoms with Crippen LogP contribution in [-0.4, -0.2) is 36.6 Å². The summed E-state index contributed by atoms with van der Waals surface area (Å²) in [6.45, 7) is 6.26. The molecule has 1 aromatic heterocycles. The first-order valence-electron chi connectivity index (χ1n) is 7.76. The van der Waals surface area contributed by atoms with Gasteiger partial charge in [0, 0.05) is 25.2 Å². The second kappa shape index (κ2) is 6.77. The Hall–Kier alpha value is -1.78. The summed E-state index contributed by atoms with van der Waals surface area (Å²) in [7, 11) is -3.58. The van der Waals surface area contributed by atoms with Gasteiger partial charge in [0.1, 0.15) is 10.8 Å². The lowest BCUT2D eigenvalue weighted by molar-refractivity contribution is -0.120. The molecule has 23 heavy (non-hydrogen) atoms. The van der Waals surface area contributed by atoms with E-state index in [2.05, 4.69) is 4.98 Å². The molecule has 1 aliphatic carbocycles. The number of Topliss-reactive ketones (excluding diaryl/α,β-unsaturated/α-hetero) is 1. The van der Waals surface area contributed by atoms with Crippen molar-refractivity contribution >= 4 is 15.8 Å². The summed E-state index contributed by atoms with van der Waals surface area (Å²) in [5, 5.41) is 9.27. The van der Waals surface area contributed by atoms with Crippen molar-refractivity contribution in [2.75, 3.05) is 13.1 Å². The van der Waals surface area contributed by atoms with Crippen molar-refractivity contribution in [2.24, 2.45) is 11.8 Å². The first-order chi connectivity index (χ1) is 10.9. The maximum atomic E-state index is 12.4. The van der Waals surface area contributed by atoms with Crippen molar-refractivity contribution < 1.29 is 13.2 Å². The Morgan fingerprint density at radius 3 is 2.43 bits per heavy atom. The summed E-state index contributed by atoms with van der Waals surface area (Å²) in [5.41, 5.74) is 0.315. The predicted octanol–water partition coefficient (Wildman–Crippen LogP) is 1.94. The van der Waals surface area contributed by atoms with Crippen LogP contribution in [0.3, 0.4) is 0 Å². The van der Waals surface area contributed by atoms with Crippen LogP contribution < -0.4 is 0 Å². The van der Waals surface area contributed by atoms with Gasteiger partial charge in [-0.05, 0) is 24.5 Å². The molecule has 0 aromatic carbocycles. The van der Waals surface area contributed by atoms with Crippen LogP contribution in [0.2, 0.25) is 0 Å². The highest BCUT2D eigenvalue weighted by Crippen LogP contribution is 2.41. The molecule has 0 radical (unpaired) electrons.